The molecule has 29 heavy (non-hydrogen) atoms. The molecule has 1 saturated heterocycles. The molecule has 0 bridgehead atoms. The van der Waals surface area contributed by atoms with Crippen molar-refractivity contribution in [2.24, 2.45) is 0 Å². The summed E-state index contributed by atoms with van der Waals surface area (Å²) in [6.07, 6.45) is 0. The fourth-order valence-electron chi connectivity index (χ4n) is 3.24. The van der Waals surface area contributed by atoms with Crippen molar-refractivity contribution in [2.45, 2.75) is 13.8 Å². The van der Waals surface area contributed by atoms with E-state index in [1.807, 2.05) is 36.9 Å². The molecule has 2 aromatic carbocycles. The average molecular weight is 399 g/mol. The summed E-state index contributed by atoms with van der Waals surface area (Å²) < 4.78 is 18.9. The normalized spacial score (nSPS) is 14.5. The molecule has 1 N–H and O–H groups in total. The van der Waals surface area contributed by atoms with Crippen molar-refractivity contribution in [2.75, 3.05) is 44.6 Å². The average Bonchev–Trinajstić information content (AvgIpc) is 2.69. The molecule has 7 heteroatoms. The van der Waals surface area contributed by atoms with Crippen LogP contribution >= 0.6 is 0 Å². The molecule has 0 radical (unpaired) electrons. The SMILES string of the molecule is Cc1cccc(OCC(=O)N2CCN(CC(=O)Nc3cccc(F)c3)CC2)c1C. The van der Waals surface area contributed by atoms with Crippen LogP contribution < -0.4 is 10.1 Å². The van der Waals surface area contributed by atoms with Crippen LogP contribution in [0.5, 0.6) is 5.75 Å². The molecule has 0 atom stereocenters. The van der Waals surface area contributed by atoms with Gasteiger partial charge in [0.2, 0.25) is 5.91 Å². The van der Waals surface area contributed by atoms with E-state index in [1.165, 1.54) is 12.1 Å². The molecule has 0 unspecified atom stereocenters. The molecule has 0 aliphatic carbocycles. The first-order valence-electron chi connectivity index (χ1n) is 9.67. The number of halogens is 1. The van der Waals surface area contributed by atoms with Crippen molar-refractivity contribution in [1.82, 2.24) is 9.80 Å². The van der Waals surface area contributed by atoms with Crippen LogP contribution in [-0.4, -0.2) is 60.9 Å². The molecular weight excluding hydrogens is 373 g/mol. The first-order chi connectivity index (χ1) is 13.9. The van der Waals surface area contributed by atoms with E-state index in [-0.39, 0.29) is 25.0 Å². The lowest BCUT2D eigenvalue weighted by Crippen LogP contribution is -2.51. The van der Waals surface area contributed by atoms with Crippen LogP contribution in [0, 0.1) is 19.7 Å². The number of rotatable bonds is 6. The molecule has 0 saturated carbocycles. The Morgan fingerprint density at radius 2 is 1.79 bits per heavy atom. The van der Waals surface area contributed by atoms with Crippen molar-refractivity contribution in [1.29, 1.82) is 0 Å². The lowest BCUT2D eigenvalue weighted by atomic mass is 10.1. The van der Waals surface area contributed by atoms with E-state index in [0.29, 0.717) is 31.9 Å². The standard InChI is InChI=1S/C22H26FN3O3/c1-16-5-3-8-20(17(16)2)29-15-22(28)26-11-9-25(10-12-26)14-21(27)24-19-7-4-6-18(23)13-19/h3-8,13H,9-12,14-15H2,1-2H3,(H,24,27). The van der Waals surface area contributed by atoms with Gasteiger partial charge in [-0.15, -0.1) is 0 Å². The molecule has 1 aliphatic heterocycles. The van der Waals surface area contributed by atoms with Crippen LogP contribution in [0.1, 0.15) is 11.1 Å². The van der Waals surface area contributed by atoms with Crippen LogP contribution in [0.15, 0.2) is 42.5 Å². The lowest BCUT2D eigenvalue weighted by molar-refractivity contribution is -0.135. The number of piperazine rings is 1. The van der Waals surface area contributed by atoms with Crippen LogP contribution in [0.25, 0.3) is 0 Å². The third-order valence-corrected chi connectivity index (χ3v) is 5.11. The van der Waals surface area contributed by atoms with Gasteiger partial charge in [0.1, 0.15) is 11.6 Å². The number of amides is 2. The summed E-state index contributed by atoms with van der Waals surface area (Å²) in [5.41, 5.74) is 2.60. The Balaban J connectivity index is 1.42. The van der Waals surface area contributed by atoms with E-state index in [2.05, 4.69) is 5.32 Å². The van der Waals surface area contributed by atoms with Gasteiger partial charge in [-0.1, -0.05) is 18.2 Å². The fraction of sp³-hybridized carbons (Fsp3) is 0.364. The Hall–Kier alpha value is -2.93. The quantitative estimate of drug-likeness (QED) is 0.811. The van der Waals surface area contributed by atoms with Gasteiger partial charge in [0.15, 0.2) is 6.61 Å². The van der Waals surface area contributed by atoms with Gasteiger partial charge in [0.25, 0.3) is 5.91 Å². The smallest absolute Gasteiger partial charge is 0.260 e. The van der Waals surface area contributed by atoms with Crippen molar-refractivity contribution < 1.29 is 18.7 Å². The van der Waals surface area contributed by atoms with E-state index in [0.717, 1.165) is 16.9 Å². The minimum Gasteiger partial charge on any atom is -0.483 e. The van der Waals surface area contributed by atoms with E-state index >= 15 is 0 Å². The molecule has 3 rings (SSSR count). The number of ether oxygens (including phenoxy) is 1. The highest BCUT2D eigenvalue weighted by Crippen LogP contribution is 2.20. The van der Waals surface area contributed by atoms with Crippen molar-refractivity contribution in [3.05, 3.63) is 59.4 Å². The second-order valence-corrected chi connectivity index (χ2v) is 7.20. The largest absolute Gasteiger partial charge is 0.483 e. The molecule has 2 amide bonds. The first kappa shape index (κ1) is 20.8. The zero-order chi connectivity index (χ0) is 20.8. The summed E-state index contributed by atoms with van der Waals surface area (Å²) >= 11 is 0. The second-order valence-electron chi connectivity index (χ2n) is 7.20. The van der Waals surface area contributed by atoms with Crippen LogP contribution in [-0.2, 0) is 9.59 Å². The molecule has 1 aliphatic rings. The number of aryl methyl sites for hydroxylation is 1. The topological polar surface area (TPSA) is 61.9 Å². The van der Waals surface area contributed by atoms with Gasteiger partial charge in [0.05, 0.1) is 6.54 Å². The molecule has 154 valence electrons. The van der Waals surface area contributed by atoms with Gasteiger partial charge in [-0.25, -0.2) is 4.39 Å². The highest BCUT2D eigenvalue weighted by Gasteiger charge is 2.23. The van der Waals surface area contributed by atoms with Gasteiger partial charge in [-0.2, -0.15) is 0 Å². The van der Waals surface area contributed by atoms with Crippen LogP contribution in [0.3, 0.4) is 0 Å². The Morgan fingerprint density at radius 1 is 1.07 bits per heavy atom. The molecule has 1 fully saturated rings. The van der Waals surface area contributed by atoms with Crippen LogP contribution in [0.2, 0.25) is 0 Å². The number of benzene rings is 2. The van der Waals surface area contributed by atoms with E-state index in [1.54, 1.807) is 17.0 Å². The summed E-state index contributed by atoms with van der Waals surface area (Å²) in [6, 6.07) is 11.6. The van der Waals surface area contributed by atoms with Crippen molar-refractivity contribution in [3.8, 4) is 5.75 Å². The van der Waals surface area contributed by atoms with Gasteiger partial charge in [-0.3, -0.25) is 14.5 Å². The van der Waals surface area contributed by atoms with Gasteiger partial charge >= 0.3 is 0 Å². The third-order valence-electron chi connectivity index (χ3n) is 5.11. The minimum atomic E-state index is -0.391. The summed E-state index contributed by atoms with van der Waals surface area (Å²) in [6.45, 7) is 6.49. The minimum absolute atomic E-state index is 0.00432. The van der Waals surface area contributed by atoms with Crippen molar-refractivity contribution >= 4 is 17.5 Å². The maximum Gasteiger partial charge on any atom is 0.260 e. The number of nitrogens with zero attached hydrogens (tertiary/aromatic N) is 2. The zero-order valence-electron chi connectivity index (χ0n) is 16.8. The predicted molar refractivity (Wildman–Crippen MR) is 109 cm³/mol. The maximum atomic E-state index is 13.2. The van der Waals surface area contributed by atoms with E-state index in [4.69, 9.17) is 4.74 Å². The van der Waals surface area contributed by atoms with E-state index < -0.39 is 5.82 Å². The number of carbonyl (C=O) groups excluding carboxylic acids is 2. The maximum absolute atomic E-state index is 13.2. The lowest BCUT2D eigenvalue weighted by Gasteiger charge is -2.34. The zero-order valence-corrected chi connectivity index (χ0v) is 16.8. The van der Waals surface area contributed by atoms with E-state index in [9.17, 15) is 14.0 Å². The molecule has 6 nitrogen and oxygen atoms in total. The monoisotopic (exact) mass is 399 g/mol. The Bertz CT molecular complexity index is 879. The summed E-state index contributed by atoms with van der Waals surface area (Å²) in [5, 5.41) is 2.69. The molecule has 0 aromatic heterocycles. The van der Waals surface area contributed by atoms with Gasteiger partial charge in [0, 0.05) is 31.9 Å². The third kappa shape index (κ3) is 5.77. The van der Waals surface area contributed by atoms with Crippen LogP contribution in [0.4, 0.5) is 10.1 Å². The Labute approximate surface area is 170 Å². The number of anilines is 1. The highest BCUT2D eigenvalue weighted by molar-refractivity contribution is 5.92. The number of carbonyl (C=O) groups is 2. The summed E-state index contributed by atoms with van der Waals surface area (Å²) in [5.74, 6) is 0.0763. The second kappa shape index (κ2) is 9.52. The molecular formula is C22H26FN3O3. The summed E-state index contributed by atoms with van der Waals surface area (Å²) in [4.78, 5) is 28.3. The number of hydrogen-bond acceptors (Lipinski definition) is 4. The first-order valence-corrected chi connectivity index (χ1v) is 9.67. The number of hydrogen-bond donors (Lipinski definition) is 1. The highest BCUT2D eigenvalue weighted by atomic mass is 19.1. The van der Waals surface area contributed by atoms with Crippen molar-refractivity contribution in [3.63, 3.8) is 0 Å². The Kier molecular flexibility index (Phi) is 6.82. The molecule has 0 spiro atoms. The number of nitrogens with one attached hydrogen (secondary N) is 1. The summed E-state index contributed by atoms with van der Waals surface area (Å²) in [7, 11) is 0. The fourth-order valence-corrected chi connectivity index (χ4v) is 3.24. The van der Waals surface area contributed by atoms with Gasteiger partial charge in [-0.05, 0) is 49.2 Å². The predicted octanol–water partition coefficient (Wildman–Crippen LogP) is 2.60. The van der Waals surface area contributed by atoms with Gasteiger partial charge < -0.3 is 15.0 Å². The Morgan fingerprint density at radius 3 is 2.52 bits per heavy atom. The molecule has 1 heterocycles. The molecule has 2 aromatic rings.